The Kier molecular flexibility index (Phi) is 6.89. The van der Waals surface area contributed by atoms with E-state index in [4.69, 9.17) is 14.2 Å². The van der Waals surface area contributed by atoms with Gasteiger partial charge in [0.1, 0.15) is 29.7 Å². The van der Waals surface area contributed by atoms with E-state index in [1.807, 2.05) is 30.3 Å². The molecule has 1 amide bonds. The smallest absolute Gasteiger partial charge is 0.256 e. The van der Waals surface area contributed by atoms with Gasteiger partial charge in [0.05, 0.1) is 26.1 Å². The molecule has 0 atom stereocenters. The molecule has 3 aromatic rings. The monoisotopic (exact) mass is 393 g/mol. The summed E-state index contributed by atoms with van der Waals surface area (Å²) in [5.74, 6) is 2.52. The average Bonchev–Trinajstić information content (AvgIpc) is 2.78. The summed E-state index contributed by atoms with van der Waals surface area (Å²) in [4.78, 5) is 16.5. The van der Waals surface area contributed by atoms with Crippen LogP contribution in [0.3, 0.4) is 0 Å². The highest BCUT2D eigenvalue weighted by atomic mass is 16.5. The second-order valence-electron chi connectivity index (χ2n) is 6.07. The third-order valence-electron chi connectivity index (χ3n) is 4.12. The van der Waals surface area contributed by atoms with Crippen molar-refractivity contribution in [3.8, 4) is 17.2 Å². The molecule has 29 heavy (non-hydrogen) atoms. The molecule has 0 radical (unpaired) electrons. The minimum Gasteiger partial charge on any atom is -0.497 e. The van der Waals surface area contributed by atoms with Crippen molar-refractivity contribution in [2.45, 2.75) is 0 Å². The Morgan fingerprint density at radius 1 is 0.862 bits per heavy atom. The van der Waals surface area contributed by atoms with Crippen molar-refractivity contribution >= 4 is 17.4 Å². The number of carbonyl (C=O) groups is 1. The van der Waals surface area contributed by atoms with E-state index < -0.39 is 0 Å². The molecule has 0 spiro atoms. The lowest BCUT2D eigenvalue weighted by Gasteiger charge is -2.10. The molecule has 0 fully saturated rings. The minimum atomic E-state index is -0.228. The number of hydrogen-bond acceptors (Lipinski definition) is 6. The van der Waals surface area contributed by atoms with Crippen molar-refractivity contribution in [2.24, 2.45) is 0 Å². The maximum absolute atomic E-state index is 12.3. The topological polar surface area (TPSA) is 81.7 Å². The standard InChI is InChI=1S/C22H23N3O4/c1-27-18-6-3-16(4-7-18)22(26)25-21-12-5-17(15-24-21)23-13-14-29-20-10-8-19(28-2)9-11-20/h3-12,15,23H,13-14H2,1-2H3,(H,24,25,26). The first kappa shape index (κ1) is 20.0. The Hall–Kier alpha value is -3.74. The molecule has 2 aromatic carbocycles. The Bertz CT molecular complexity index is 910. The number of methoxy groups -OCH3 is 2. The van der Waals surface area contributed by atoms with Crippen LogP contribution in [0.4, 0.5) is 11.5 Å². The number of nitrogens with zero attached hydrogens (tertiary/aromatic N) is 1. The van der Waals surface area contributed by atoms with Crippen LogP contribution in [0.2, 0.25) is 0 Å². The third-order valence-corrected chi connectivity index (χ3v) is 4.12. The van der Waals surface area contributed by atoms with E-state index in [0.717, 1.165) is 17.2 Å². The second kappa shape index (κ2) is 9.98. The third kappa shape index (κ3) is 5.87. The second-order valence-corrected chi connectivity index (χ2v) is 6.07. The molecule has 7 heteroatoms. The first-order valence-corrected chi connectivity index (χ1v) is 9.10. The lowest BCUT2D eigenvalue weighted by atomic mass is 10.2. The van der Waals surface area contributed by atoms with Crippen LogP contribution in [0.25, 0.3) is 0 Å². The van der Waals surface area contributed by atoms with Crippen molar-refractivity contribution in [3.05, 3.63) is 72.4 Å². The summed E-state index contributed by atoms with van der Waals surface area (Å²) < 4.78 is 15.9. The van der Waals surface area contributed by atoms with E-state index in [0.29, 0.717) is 30.3 Å². The van der Waals surface area contributed by atoms with E-state index in [-0.39, 0.29) is 5.91 Å². The van der Waals surface area contributed by atoms with E-state index in [9.17, 15) is 4.79 Å². The van der Waals surface area contributed by atoms with Gasteiger partial charge in [0.15, 0.2) is 0 Å². The van der Waals surface area contributed by atoms with Crippen LogP contribution in [-0.4, -0.2) is 38.3 Å². The Morgan fingerprint density at radius 2 is 1.48 bits per heavy atom. The van der Waals surface area contributed by atoms with Gasteiger partial charge >= 0.3 is 0 Å². The van der Waals surface area contributed by atoms with Gasteiger partial charge in [0, 0.05) is 12.1 Å². The van der Waals surface area contributed by atoms with Crippen molar-refractivity contribution in [3.63, 3.8) is 0 Å². The van der Waals surface area contributed by atoms with Crippen LogP contribution in [0.5, 0.6) is 17.2 Å². The van der Waals surface area contributed by atoms with Crippen LogP contribution in [-0.2, 0) is 0 Å². The molecule has 0 bridgehead atoms. The first-order chi connectivity index (χ1) is 14.2. The Morgan fingerprint density at radius 3 is 2.07 bits per heavy atom. The molecule has 7 nitrogen and oxygen atoms in total. The first-order valence-electron chi connectivity index (χ1n) is 9.10. The summed E-state index contributed by atoms with van der Waals surface area (Å²) in [6, 6.07) is 17.9. The Balaban J connectivity index is 1.43. The largest absolute Gasteiger partial charge is 0.497 e. The number of pyridine rings is 1. The summed E-state index contributed by atoms with van der Waals surface area (Å²) >= 11 is 0. The van der Waals surface area contributed by atoms with Gasteiger partial charge < -0.3 is 24.8 Å². The zero-order chi connectivity index (χ0) is 20.5. The highest BCUT2D eigenvalue weighted by Gasteiger charge is 2.07. The predicted octanol–water partition coefficient (Wildman–Crippen LogP) is 3.84. The fourth-order valence-corrected chi connectivity index (χ4v) is 2.54. The quantitative estimate of drug-likeness (QED) is 0.538. The number of carbonyl (C=O) groups excluding carboxylic acids is 1. The molecule has 150 valence electrons. The number of benzene rings is 2. The molecule has 1 heterocycles. The van der Waals surface area contributed by atoms with Crippen LogP contribution in [0.15, 0.2) is 66.9 Å². The van der Waals surface area contributed by atoms with Gasteiger partial charge in [-0.25, -0.2) is 4.98 Å². The van der Waals surface area contributed by atoms with Crippen LogP contribution >= 0.6 is 0 Å². The number of aromatic nitrogens is 1. The molecule has 3 rings (SSSR count). The summed E-state index contributed by atoms with van der Waals surface area (Å²) in [5.41, 5.74) is 1.37. The van der Waals surface area contributed by atoms with Crippen LogP contribution < -0.4 is 24.8 Å². The molecule has 0 saturated heterocycles. The predicted molar refractivity (Wildman–Crippen MR) is 112 cm³/mol. The van der Waals surface area contributed by atoms with Gasteiger partial charge in [0.2, 0.25) is 0 Å². The zero-order valence-corrected chi connectivity index (χ0v) is 16.3. The minimum absolute atomic E-state index is 0.228. The molecule has 0 aliphatic rings. The van der Waals surface area contributed by atoms with E-state index in [1.165, 1.54) is 0 Å². The molecule has 1 aromatic heterocycles. The van der Waals surface area contributed by atoms with Crippen LogP contribution in [0.1, 0.15) is 10.4 Å². The molecule has 0 aliphatic carbocycles. The van der Waals surface area contributed by atoms with Crippen LogP contribution in [0, 0.1) is 0 Å². The molecule has 2 N–H and O–H groups in total. The maximum Gasteiger partial charge on any atom is 0.256 e. The van der Waals surface area contributed by atoms with E-state index in [2.05, 4.69) is 15.6 Å². The number of rotatable bonds is 9. The van der Waals surface area contributed by atoms with Gasteiger partial charge in [-0.05, 0) is 60.7 Å². The Labute approximate surface area is 169 Å². The van der Waals surface area contributed by atoms with E-state index in [1.54, 1.807) is 50.7 Å². The SMILES string of the molecule is COc1ccc(OCCNc2ccc(NC(=O)c3ccc(OC)cc3)nc2)cc1. The van der Waals surface area contributed by atoms with Crippen molar-refractivity contribution in [1.29, 1.82) is 0 Å². The van der Waals surface area contributed by atoms with Gasteiger partial charge in [0.25, 0.3) is 5.91 Å². The number of hydrogen-bond donors (Lipinski definition) is 2. The fraction of sp³-hybridized carbons (Fsp3) is 0.182. The molecule has 0 aliphatic heterocycles. The molecule has 0 unspecified atom stereocenters. The average molecular weight is 393 g/mol. The molecular weight excluding hydrogens is 370 g/mol. The van der Waals surface area contributed by atoms with Gasteiger partial charge in [-0.3, -0.25) is 4.79 Å². The number of amides is 1. The van der Waals surface area contributed by atoms with Crippen molar-refractivity contribution in [2.75, 3.05) is 38.0 Å². The maximum atomic E-state index is 12.3. The van der Waals surface area contributed by atoms with Crippen molar-refractivity contribution in [1.82, 2.24) is 4.98 Å². The molecule has 0 saturated carbocycles. The summed E-state index contributed by atoms with van der Waals surface area (Å²) in [5, 5.41) is 5.99. The highest BCUT2D eigenvalue weighted by molar-refractivity contribution is 6.03. The van der Waals surface area contributed by atoms with Gasteiger partial charge in [-0.15, -0.1) is 0 Å². The summed E-state index contributed by atoms with van der Waals surface area (Å²) in [7, 11) is 3.21. The van der Waals surface area contributed by atoms with Gasteiger partial charge in [-0.2, -0.15) is 0 Å². The zero-order valence-electron chi connectivity index (χ0n) is 16.3. The lowest BCUT2D eigenvalue weighted by molar-refractivity contribution is 0.102. The normalized spacial score (nSPS) is 10.1. The summed E-state index contributed by atoms with van der Waals surface area (Å²) in [6.45, 7) is 1.12. The lowest BCUT2D eigenvalue weighted by Crippen LogP contribution is -2.14. The number of ether oxygens (including phenoxy) is 3. The number of anilines is 2. The van der Waals surface area contributed by atoms with Gasteiger partial charge in [-0.1, -0.05) is 0 Å². The molecular formula is C22H23N3O4. The summed E-state index contributed by atoms with van der Waals surface area (Å²) in [6.07, 6.45) is 1.66. The fourth-order valence-electron chi connectivity index (χ4n) is 2.54. The van der Waals surface area contributed by atoms with E-state index >= 15 is 0 Å². The highest BCUT2D eigenvalue weighted by Crippen LogP contribution is 2.17. The van der Waals surface area contributed by atoms with Crippen molar-refractivity contribution < 1.29 is 19.0 Å². The number of nitrogens with one attached hydrogen (secondary N) is 2.